The van der Waals surface area contributed by atoms with Gasteiger partial charge >= 0.3 is 0 Å². The summed E-state index contributed by atoms with van der Waals surface area (Å²) in [6.45, 7) is 8.55. The molecular formula is C18H28N2O. The quantitative estimate of drug-likeness (QED) is 0.829. The van der Waals surface area contributed by atoms with Gasteiger partial charge in [0, 0.05) is 31.2 Å². The van der Waals surface area contributed by atoms with Gasteiger partial charge in [-0.2, -0.15) is 0 Å². The minimum Gasteiger partial charge on any atom is -0.312 e. The average molecular weight is 288 g/mol. The topological polar surface area (TPSA) is 32.3 Å². The molecule has 0 radical (unpaired) electrons. The predicted molar refractivity (Wildman–Crippen MR) is 88.4 cm³/mol. The van der Waals surface area contributed by atoms with Gasteiger partial charge in [0.25, 0.3) is 0 Å². The Bertz CT molecular complexity index is 453. The molecule has 1 N–H and O–H groups in total. The molecule has 0 saturated carbocycles. The van der Waals surface area contributed by atoms with Crippen molar-refractivity contribution in [3.63, 3.8) is 0 Å². The van der Waals surface area contributed by atoms with E-state index in [1.807, 2.05) is 4.90 Å². The fourth-order valence-corrected chi connectivity index (χ4v) is 2.69. The molecule has 1 aliphatic heterocycles. The van der Waals surface area contributed by atoms with Gasteiger partial charge < -0.3 is 10.2 Å². The molecule has 1 aromatic rings. The maximum absolute atomic E-state index is 11.7. The van der Waals surface area contributed by atoms with Crippen molar-refractivity contribution in [1.29, 1.82) is 0 Å². The molecule has 3 heteroatoms. The van der Waals surface area contributed by atoms with Crippen LogP contribution in [-0.4, -0.2) is 18.5 Å². The summed E-state index contributed by atoms with van der Waals surface area (Å²) in [4.78, 5) is 13.6. The van der Waals surface area contributed by atoms with Gasteiger partial charge in [0.2, 0.25) is 5.91 Å². The fourth-order valence-electron chi connectivity index (χ4n) is 2.69. The zero-order valence-electron chi connectivity index (χ0n) is 13.6. The van der Waals surface area contributed by atoms with Crippen molar-refractivity contribution in [2.75, 3.05) is 11.4 Å². The molecular weight excluding hydrogens is 260 g/mol. The largest absolute Gasteiger partial charge is 0.312 e. The highest BCUT2D eigenvalue weighted by atomic mass is 16.2. The van der Waals surface area contributed by atoms with Gasteiger partial charge in [0.1, 0.15) is 0 Å². The van der Waals surface area contributed by atoms with Crippen molar-refractivity contribution in [2.45, 2.75) is 59.0 Å². The van der Waals surface area contributed by atoms with E-state index in [9.17, 15) is 4.79 Å². The zero-order chi connectivity index (χ0) is 15.2. The van der Waals surface area contributed by atoms with Crippen LogP contribution in [0.25, 0.3) is 0 Å². The van der Waals surface area contributed by atoms with Crippen molar-refractivity contribution in [1.82, 2.24) is 5.32 Å². The Morgan fingerprint density at radius 3 is 2.43 bits per heavy atom. The second kappa shape index (κ2) is 7.60. The van der Waals surface area contributed by atoms with Gasteiger partial charge in [-0.25, -0.2) is 0 Å². The van der Waals surface area contributed by atoms with Crippen LogP contribution in [-0.2, 0) is 11.3 Å². The van der Waals surface area contributed by atoms with Crippen LogP contribution in [0.3, 0.4) is 0 Å². The summed E-state index contributed by atoms with van der Waals surface area (Å²) in [6.07, 6.45) is 4.16. The first-order valence-electron chi connectivity index (χ1n) is 8.19. The van der Waals surface area contributed by atoms with Gasteiger partial charge in [-0.05, 0) is 49.8 Å². The minimum atomic E-state index is 0.253. The number of rotatable bonds is 7. The molecule has 1 fully saturated rings. The summed E-state index contributed by atoms with van der Waals surface area (Å²) in [6, 6.07) is 8.94. The summed E-state index contributed by atoms with van der Waals surface area (Å²) in [5.41, 5.74) is 2.32. The van der Waals surface area contributed by atoms with Crippen LogP contribution in [0, 0.1) is 5.92 Å². The Balaban J connectivity index is 1.81. The highest BCUT2D eigenvalue weighted by molar-refractivity contribution is 5.95. The number of hydrogen-bond donors (Lipinski definition) is 1. The number of benzene rings is 1. The van der Waals surface area contributed by atoms with E-state index in [1.54, 1.807) is 0 Å². The van der Waals surface area contributed by atoms with Crippen molar-refractivity contribution in [3.05, 3.63) is 29.8 Å². The fraction of sp³-hybridized carbons (Fsp3) is 0.611. The molecule has 1 atom stereocenters. The van der Waals surface area contributed by atoms with E-state index >= 15 is 0 Å². The van der Waals surface area contributed by atoms with Gasteiger partial charge in [-0.3, -0.25) is 4.79 Å². The van der Waals surface area contributed by atoms with E-state index in [0.29, 0.717) is 12.5 Å². The Kier molecular flexibility index (Phi) is 5.80. The minimum absolute atomic E-state index is 0.253. The van der Waals surface area contributed by atoms with E-state index < -0.39 is 0 Å². The number of nitrogens with one attached hydrogen (secondary N) is 1. The van der Waals surface area contributed by atoms with Gasteiger partial charge in [0.15, 0.2) is 0 Å². The molecule has 0 spiro atoms. The number of anilines is 1. The number of amides is 1. The smallest absolute Gasteiger partial charge is 0.227 e. The first-order chi connectivity index (χ1) is 10.1. The molecule has 1 amide bonds. The standard InChI is InChI=1S/C18H28N2O/c1-14(2)6-7-15(3)19-13-16-8-10-17(11-9-16)20-12-4-5-18(20)21/h8-11,14-15,19H,4-7,12-13H2,1-3H3. The van der Waals surface area contributed by atoms with E-state index in [2.05, 4.69) is 50.4 Å². The van der Waals surface area contributed by atoms with Crippen LogP contribution in [0.1, 0.15) is 52.0 Å². The van der Waals surface area contributed by atoms with Gasteiger partial charge in [0.05, 0.1) is 0 Å². The number of hydrogen-bond acceptors (Lipinski definition) is 2. The van der Waals surface area contributed by atoms with Crippen LogP contribution < -0.4 is 10.2 Å². The lowest BCUT2D eigenvalue weighted by Crippen LogP contribution is -2.26. The molecule has 1 unspecified atom stereocenters. The molecule has 2 rings (SSSR count). The van der Waals surface area contributed by atoms with Crippen LogP contribution in [0.2, 0.25) is 0 Å². The molecule has 0 bridgehead atoms. The lowest BCUT2D eigenvalue weighted by Gasteiger charge is -2.17. The Morgan fingerprint density at radius 2 is 1.86 bits per heavy atom. The molecule has 1 saturated heterocycles. The molecule has 1 aliphatic rings. The van der Waals surface area contributed by atoms with Crippen LogP contribution in [0.15, 0.2) is 24.3 Å². The van der Waals surface area contributed by atoms with Crippen molar-refractivity contribution < 1.29 is 4.79 Å². The summed E-state index contributed by atoms with van der Waals surface area (Å²) >= 11 is 0. The number of nitrogens with zero attached hydrogens (tertiary/aromatic N) is 1. The maximum atomic E-state index is 11.7. The third-order valence-electron chi connectivity index (χ3n) is 4.15. The first kappa shape index (κ1) is 16.0. The normalized spacial score (nSPS) is 16.8. The average Bonchev–Trinajstić information content (AvgIpc) is 2.89. The SMILES string of the molecule is CC(C)CCC(C)NCc1ccc(N2CCCC2=O)cc1. The van der Waals surface area contributed by atoms with Gasteiger partial charge in [-0.1, -0.05) is 26.0 Å². The number of carbonyl (C=O) groups excluding carboxylic acids is 1. The summed E-state index contributed by atoms with van der Waals surface area (Å²) in [7, 11) is 0. The second-order valence-electron chi connectivity index (χ2n) is 6.57. The van der Waals surface area contributed by atoms with Crippen molar-refractivity contribution in [3.8, 4) is 0 Å². The summed E-state index contributed by atoms with van der Waals surface area (Å²) in [5.74, 6) is 1.02. The molecule has 116 valence electrons. The first-order valence-corrected chi connectivity index (χ1v) is 8.19. The monoisotopic (exact) mass is 288 g/mol. The third kappa shape index (κ3) is 4.85. The lowest BCUT2D eigenvalue weighted by molar-refractivity contribution is -0.117. The van der Waals surface area contributed by atoms with E-state index in [4.69, 9.17) is 0 Å². The molecule has 21 heavy (non-hydrogen) atoms. The van der Waals surface area contributed by atoms with E-state index in [1.165, 1.54) is 18.4 Å². The summed E-state index contributed by atoms with van der Waals surface area (Å²) < 4.78 is 0. The zero-order valence-corrected chi connectivity index (χ0v) is 13.6. The van der Waals surface area contributed by atoms with Crippen molar-refractivity contribution >= 4 is 11.6 Å². The Hall–Kier alpha value is -1.35. The Morgan fingerprint density at radius 1 is 1.14 bits per heavy atom. The molecule has 0 aliphatic carbocycles. The van der Waals surface area contributed by atoms with Gasteiger partial charge in [-0.15, -0.1) is 0 Å². The molecule has 0 aromatic heterocycles. The summed E-state index contributed by atoms with van der Waals surface area (Å²) in [5, 5.41) is 3.57. The molecule has 1 heterocycles. The molecule has 1 aromatic carbocycles. The third-order valence-corrected chi connectivity index (χ3v) is 4.15. The van der Waals surface area contributed by atoms with E-state index in [-0.39, 0.29) is 5.91 Å². The highest BCUT2D eigenvalue weighted by Gasteiger charge is 2.21. The lowest BCUT2D eigenvalue weighted by atomic mass is 10.0. The van der Waals surface area contributed by atoms with Crippen LogP contribution in [0.4, 0.5) is 5.69 Å². The van der Waals surface area contributed by atoms with Crippen LogP contribution in [0.5, 0.6) is 0 Å². The second-order valence-corrected chi connectivity index (χ2v) is 6.57. The Labute approximate surface area is 128 Å². The molecule has 3 nitrogen and oxygen atoms in total. The van der Waals surface area contributed by atoms with Crippen molar-refractivity contribution in [2.24, 2.45) is 5.92 Å². The van der Waals surface area contributed by atoms with Crippen LogP contribution >= 0.6 is 0 Å². The number of carbonyl (C=O) groups is 1. The van der Waals surface area contributed by atoms with E-state index in [0.717, 1.165) is 31.1 Å². The highest BCUT2D eigenvalue weighted by Crippen LogP contribution is 2.21. The maximum Gasteiger partial charge on any atom is 0.227 e. The predicted octanol–water partition coefficient (Wildman–Crippen LogP) is 3.73.